The molecule has 29 heavy (non-hydrogen) atoms. The molecular weight excluding hydrogens is 387 g/mol. The Morgan fingerprint density at radius 3 is 2.59 bits per heavy atom. The number of benzene rings is 1. The van der Waals surface area contributed by atoms with Crippen LogP contribution in [0.4, 0.5) is 13.2 Å². The van der Waals surface area contributed by atoms with Gasteiger partial charge in [-0.25, -0.2) is 0 Å². The molecule has 1 aromatic carbocycles. The van der Waals surface area contributed by atoms with Crippen molar-refractivity contribution in [2.75, 3.05) is 6.54 Å². The Morgan fingerprint density at radius 2 is 1.93 bits per heavy atom. The first kappa shape index (κ1) is 20.4. The molecule has 9 heteroatoms. The molecular formula is C20H18F3N3O3. The maximum Gasteiger partial charge on any atom is 0.416 e. The quantitative estimate of drug-likeness (QED) is 0.644. The van der Waals surface area contributed by atoms with E-state index >= 15 is 0 Å². The zero-order valence-corrected chi connectivity index (χ0v) is 15.5. The van der Waals surface area contributed by atoms with Crippen LogP contribution < -0.4 is 10.1 Å². The number of carbonyl (C=O) groups is 1. The molecule has 0 unspecified atom stereocenters. The number of amides is 1. The lowest BCUT2D eigenvalue weighted by atomic mass is 10.1. The molecule has 0 bridgehead atoms. The van der Waals surface area contributed by atoms with Gasteiger partial charge in [-0.3, -0.25) is 9.78 Å². The summed E-state index contributed by atoms with van der Waals surface area (Å²) in [6, 6.07) is 9.87. The molecule has 0 atom stereocenters. The molecule has 0 aliphatic carbocycles. The third-order valence-corrected chi connectivity index (χ3v) is 4.04. The van der Waals surface area contributed by atoms with E-state index in [0.29, 0.717) is 23.5 Å². The summed E-state index contributed by atoms with van der Waals surface area (Å²) in [5.74, 6) is 0.497. The van der Waals surface area contributed by atoms with Crippen molar-refractivity contribution in [3.63, 3.8) is 0 Å². The van der Waals surface area contributed by atoms with Crippen LogP contribution >= 0.6 is 0 Å². The van der Waals surface area contributed by atoms with Crippen molar-refractivity contribution < 1.29 is 27.2 Å². The van der Waals surface area contributed by atoms with Crippen molar-refractivity contribution in [1.29, 1.82) is 0 Å². The summed E-state index contributed by atoms with van der Waals surface area (Å²) in [5.41, 5.74) is 0.939. The second kappa shape index (κ2) is 8.76. The van der Waals surface area contributed by atoms with E-state index in [1.165, 1.54) is 18.2 Å². The number of hydrogen-bond donors (Lipinski definition) is 1. The zero-order chi connectivity index (χ0) is 20.9. The SMILES string of the molecule is Cc1ccc(OCc2cc(C(=O)NCCc3ccc(C(F)(F)F)cc3)no2)cn1. The molecule has 2 aromatic heterocycles. The number of pyridine rings is 1. The molecule has 0 spiro atoms. The summed E-state index contributed by atoms with van der Waals surface area (Å²) in [6.45, 7) is 2.21. The number of carbonyl (C=O) groups excluding carboxylic acids is 1. The number of hydrogen-bond acceptors (Lipinski definition) is 5. The Bertz CT molecular complexity index is 952. The van der Waals surface area contributed by atoms with E-state index in [1.807, 2.05) is 13.0 Å². The van der Waals surface area contributed by atoms with Crippen LogP contribution in [0.1, 0.15) is 33.1 Å². The second-order valence-corrected chi connectivity index (χ2v) is 6.30. The highest BCUT2D eigenvalue weighted by Crippen LogP contribution is 2.29. The summed E-state index contributed by atoms with van der Waals surface area (Å²) < 4.78 is 48.2. The fraction of sp³-hybridized carbons (Fsp3) is 0.250. The lowest BCUT2D eigenvalue weighted by Gasteiger charge is -2.08. The Labute approximate surface area is 164 Å². The van der Waals surface area contributed by atoms with Crippen molar-refractivity contribution in [3.05, 3.63) is 76.9 Å². The molecule has 0 aliphatic rings. The van der Waals surface area contributed by atoms with E-state index in [0.717, 1.165) is 17.8 Å². The zero-order valence-electron chi connectivity index (χ0n) is 15.5. The monoisotopic (exact) mass is 405 g/mol. The highest BCUT2D eigenvalue weighted by molar-refractivity contribution is 5.92. The number of ether oxygens (including phenoxy) is 1. The summed E-state index contributed by atoms with van der Waals surface area (Å²) in [6.07, 6.45) is -2.39. The maximum absolute atomic E-state index is 12.5. The Hall–Kier alpha value is -3.36. The number of aryl methyl sites for hydroxylation is 1. The number of alkyl halides is 3. The van der Waals surface area contributed by atoms with Gasteiger partial charge in [0.25, 0.3) is 5.91 Å². The number of rotatable bonds is 7. The molecule has 0 aliphatic heterocycles. The molecule has 0 radical (unpaired) electrons. The topological polar surface area (TPSA) is 77.2 Å². The van der Waals surface area contributed by atoms with Crippen LogP contribution in [0.2, 0.25) is 0 Å². The highest BCUT2D eigenvalue weighted by atomic mass is 19.4. The molecule has 1 amide bonds. The molecule has 6 nitrogen and oxygen atoms in total. The van der Waals surface area contributed by atoms with Crippen LogP contribution in [0.15, 0.2) is 53.2 Å². The van der Waals surface area contributed by atoms with Gasteiger partial charge in [0, 0.05) is 18.3 Å². The summed E-state index contributed by atoms with van der Waals surface area (Å²) >= 11 is 0. The average molecular weight is 405 g/mol. The van der Waals surface area contributed by atoms with Crippen LogP contribution in [0, 0.1) is 6.92 Å². The minimum absolute atomic E-state index is 0.0938. The van der Waals surface area contributed by atoms with Gasteiger partial charge in [0.15, 0.2) is 11.5 Å². The minimum Gasteiger partial charge on any atom is -0.484 e. The van der Waals surface area contributed by atoms with E-state index in [-0.39, 0.29) is 18.8 Å². The summed E-state index contributed by atoms with van der Waals surface area (Å²) in [7, 11) is 0. The van der Waals surface area contributed by atoms with Gasteiger partial charge in [0.2, 0.25) is 0 Å². The minimum atomic E-state index is -4.36. The smallest absolute Gasteiger partial charge is 0.416 e. The van der Waals surface area contributed by atoms with Crippen molar-refractivity contribution in [2.45, 2.75) is 26.1 Å². The third-order valence-electron chi connectivity index (χ3n) is 4.04. The average Bonchev–Trinajstić information content (AvgIpc) is 3.16. The summed E-state index contributed by atoms with van der Waals surface area (Å²) in [4.78, 5) is 16.2. The van der Waals surface area contributed by atoms with Gasteiger partial charge < -0.3 is 14.6 Å². The van der Waals surface area contributed by atoms with Crippen molar-refractivity contribution in [2.24, 2.45) is 0 Å². The third kappa shape index (κ3) is 5.81. The number of halogens is 3. The Morgan fingerprint density at radius 1 is 1.17 bits per heavy atom. The first-order valence-electron chi connectivity index (χ1n) is 8.76. The van der Waals surface area contributed by atoms with Gasteiger partial charge in [0.05, 0.1) is 11.8 Å². The normalized spacial score (nSPS) is 11.3. The molecule has 0 saturated heterocycles. The Kier molecular flexibility index (Phi) is 6.16. The largest absolute Gasteiger partial charge is 0.484 e. The maximum atomic E-state index is 12.5. The van der Waals surface area contributed by atoms with Gasteiger partial charge in [0.1, 0.15) is 12.4 Å². The second-order valence-electron chi connectivity index (χ2n) is 6.30. The van der Waals surface area contributed by atoms with E-state index in [9.17, 15) is 18.0 Å². The van der Waals surface area contributed by atoms with Gasteiger partial charge in [-0.2, -0.15) is 13.2 Å². The van der Waals surface area contributed by atoms with E-state index in [2.05, 4.69) is 15.5 Å². The molecule has 3 aromatic rings. The molecule has 0 fully saturated rings. The molecule has 3 rings (SSSR count). The van der Waals surface area contributed by atoms with E-state index < -0.39 is 17.6 Å². The lowest BCUT2D eigenvalue weighted by Crippen LogP contribution is -2.25. The van der Waals surface area contributed by atoms with Gasteiger partial charge in [-0.1, -0.05) is 17.3 Å². The summed E-state index contributed by atoms with van der Waals surface area (Å²) in [5, 5.41) is 6.35. The van der Waals surface area contributed by atoms with Crippen LogP contribution in [-0.4, -0.2) is 22.6 Å². The fourth-order valence-electron chi connectivity index (χ4n) is 2.45. The van der Waals surface area contributed by atoms with E-state index in [4.69, 9.17) is 9.26 Å². The number of nitrogens with one attached hydrogen (secondary N) is 1. The molecule has 2 heterocycles. The predicted octanol–water partition coefficient (Wildman–Crippen LogP) is 3.95. The number of nitrogens with zero attached hydrogens (tertiary/aromatic N) is 2. The Balaban J connectivity index is 1.45. The van der Waals surface area contributed by atoms with Crippen molar-refractivity contribution in [3.8, 4) is 5.75 Å². The van der Waals surface area contributed by atoms with Crippen LogP contribution in [0.25, 0.3) is 0 Å². The van der Waals surface area contributed by atoms with Crippen LogP contribution in [0.5, 0.6) is 5.75 Å². The molecule has 0 saturated carbocycles. The van der Waals surface area contributed by atoms with Crippen LogP contribution in [-0.2, 0) is 19.2 Å². The molecule has 152 valence electrons. The highest BCUT2D eigenvalue weighted by Gasteiger charge is 2.29. The van der Waals surface area contributed by atoms with Gasteiger partial charge in [-0.05, 0) is 43.2 Å². The van der Waals surface area contributed by atoms with Gasteiger partial charge in [-0.15, -0.1) is 0 Å². The first-order valence-corrected chi connectivity index (χ1v) is 8.76. The fourth-order valence-corrected chi connectivity index (χ4v) is 2.45. The molecule has 1 N–H and O–H groups in total. The lowest BCUT2D eigenvalue weighted by molar-refractivity contribution is -0.137. The van der Waals surface area contributed by atoms with Crippen LogP contribution in [0.3, 0.4) is 0 Å². The van der Waals surface area contributed by atoms with Gasteiger partial charge >= 0.3 is 6.18 Å². The predicted molar refractivity (Wildman–Crippen MR) is 97.3 cm³/mol. The van der Waals surface area contributed by atoms with Crippen molar-refractivity contribution >= 4 is 5.91 Å². The number of aromatic nitrogens is 2. The first-order chi connectivity index (χ1) is 13.8. The van der Waals surface area contributed by atoms with E-state index in [1.54, 1.807) is 12.3 Å². The van der Waals surface area contributed by atoms with Crippen molar-refractivity contribution in [1.82, 2.24) is 15.5 Å². The standard InChI is InChI=1S/C20H18F3N3O3/c1-13-2-7-16(11-25-13)28-12-17-10-18(26-29-17)19(27)24-9-8-14-3-5-15(6-4-14)20(21,22)23/h2-7,10-11H,8-9,12H2,1H3,(H,24,27).